The van der Waals surface area contributed by atoms with E-state index in [1.165, 1.54) is 0 Å². The maximum absolute atomic E-state index is 4.20. The maximum atomic E-state index is 4.20. The monoisotopic (exact) mass is 167 g/mol. The van der Waals surface area contributed by atoms with Gasteiger partial charge in [0.25, 0.3) is 0 Å². The summed E-state index contributed by atoms with van der Waals surface area (Å²) in [5.41, 5.74) is 0. The van der Waals surface area contributed by atoms with Gasteiger partial charge in [-0.1, -0.05) is 0 Å². The van der Waals surface area contributed by atoms with Crippen LogP contribution < -0.4 is 0 Å². The molecule has 1 aromatic rings. The molecular weight excluding hydrogens is 165 g/mol. The molecule has 0 amide bonds. The smallest absolute Gasteiger partial charge is 0.0690 e. The minimum atomic E-state index is 1.58. The Morgan fingerprint density at radius 3 is 1.86 bits per heavy atom. The first-order valence-corrected chi connectivity index (χ1v) is 2.71. The van der Waals surface area contributed by atoms with Crippen molar-refractivity contribution in [3.05, 3.63) is 12.4 Å². The largest absolute Gasteiger partial charge is 0.198 e. The van der Waals surface area contributed by atoms with Crippen LogP contribution in [0.3, 0.4) is 0 Å². The van der Waals surface area contributed by atoms with Crippen LogP contribution in [0, 0.1) is 0 Å². The Kier molecular flexibility index (Phi) is 5.91. The summed E-state index contributed by atoms with van der Waals surface area (Å²) in [5, 5.41) is 9.33. The van der Waals surface area contributed by atoms with E-state index in [1.807, 2.05) is 0 Å². The van der Waals surface area contributed by atoms with Crippen molar-refractivity contribution in [3.8, 4) is 0 Å². The second kappa shape index (κ2) is 5.95. The molecule has 1 rings (SSSR count). The predicted octanol–water partition coefficient (Wildman–Crippen LogP) is 0.492. The molecule has 0 unspecified atom stereocenters. The van der Waals surface area contributed by atoms with Crippen molar-refractivity contribution >= 4 is 10.1 Å². The van der Waals surface area contributed by atoms with Crippen LogP contribution in [0.25, 0.3) is 0 Å². The van der Waals surface area contributed by atoms with E-state index in [9.17, 15) is 0 Å². The van der Waals surface area contributed by atoms with Gasteiger partial charge in [0.2, 0.25) is 0 Å². The van der Waals surface area contributed by atoms with E-state index in [0.717, 1.165) is 0 Å². The van der Waals surface area contributed by atoms with Gasteiger partial charge in [-0.2, -0.15) is 15.4 Å². The number of hydrogen-bond acceptors (Lipinski definition) is 2. The summed E-state index contributed by atoms with van der Waals surface area (Å²) in [6.07, 6.45) is 3.17. The van der Waals surface area contributed by atoms with Crippen LogP contribution in [-0.4, -0.2) is 15.4 Å². The van der Waals surface area contributed by atoms with Crippen LogP contribution in [0.1, 0.15) is 0 Å². The summed E-state index contributed by atoms with van der Waals surface area (Å²) in [6, 6.07) is 0. The molecule has 1 aromatic heterocycles. The average Bonchev–Trinajstić information content (AvgIpc) is 2.23. The van der Waals surface area contributed by atoms with Crippen LogP contribution in [0.5, 0.6) is 0 Å². The van der Waals surface area contributed by atoms with Crippen molar-refractivity contribution in [3.63, 3.8) is 0 Å². The molecule has 0 spiro atoms. The number of nitrogens with one attached hydrogen (secondary N) is 1. The standard InChI is InChI=1S/C2H3N3.ClH.Cu/c1-2-4-5-3-1;;/h1-2H,(H,3,4,5);1H;/q;;+1/p-1. The van der Waals surface area contributed by atoms with Crippen LogP contribution >= 0.6 is 10.1 Å². The SMILES string of the molecule is [Cl][Cu].c1cn[nH]n1. The number of nitrogens with zero attached hydrogens (tertiary/aromatic N) is 2. The second-order valence-electron chi connectivity index (χ2n) is 0.656. The zero-order chi connectivity index (χ0) is 5.54. The second-order valence-corrected chi connectivity index (χ2v) is 0.656. The van der Waals surface area contributed by atoms with Crippen molar-refractivity contribution in [1.82, 2.24) is 15.4 Å². The van der Waals surface area contributed by atoms with Crippen molar-refractivity contribution < 1.29 is 15.1 Å². The van der Waals surface area contributed by atoms with Gasteiger partial charge in [0.1, 0.15) is 0 Å². The summed E-state index contributed by atoms with van der Waals surface area (Å²) in [5.74, 6) is 0. The number of rotatable bonds is 0. The molecule has 0 saturated carbocycles. The number of H-pyrrole nitrogens is 1. The van der Waals surface area contributed by atoms with E-state index >= 15 is 0 Å². The zero-order valence-corrected chi connectivity index (χ0v) is 4.93. The van der Waals surface area contributed by atoms with Crippen molar-refractivity contribution in [2.24, 2.45) is 0 Å². The van der Waals surface area contributed by atoms with Gasteiger partial charge in [-0.05, 0) is 0 Å². The first kappa shape index (κ1) is 6.95. The molecule has 0 fully saturated rings. The third-order valence-corrected chi connectivity index (χ3v) is 0.331. The molecule has 5 heteroatoms. The Balaban J connectivity index is 0.000000162. The molecule has 1 heterocycles. The summed E-state index contributed by atoms with van der Waals surface area (Å²) >= 11 is 3.66. The fourth-order valence-electron chi connectivity index (χ4n) is 0.167. The number of hydrogen-bond donors (Lipinski definition) is 1. The van der Waals surface area contributed by atoms with Gasteiger partial charge < -0.3 is 0 Å². The minimum absolute atomic E-state index is 1.58. The third-order valence-electron chi connectivity index (χ3n) is 0.331. The van der Waals surface area contributed by atoms with Gasteiger partial charge in [-0.15, -0.1) is 0 Å². The summed E-state index contributed by atoms with van der Waals surface area (Å²) in [4.78, 5) is 0. The fraction of sp³-hybridized carbons (Fsp3) is 0. The number of aromatic amines is 1. The van der Waals surface area contributed by atoms with E-state index < -0.39 is 0 Å². The Bertz CT molecular complexity index is 69.4. The molecule has 0 aliphatic rings. The molecule has 0 aliphatic carbocycles. The molecule has 7 heavy (non-hydrogen) atoms. The van der Waals surface area contributed by atoms with Gasteiger partial charge >= 0.3 is 25.2 Å². The Labute approximate surface area is 53.5 Å². The third kappa shape index (κ3) is 3.79. The minimum Gasteiger partial charge on any atom is -0.198 e. The van der Waals surface area contributed by atoms with Crippen molar-refractivity contribution in [2.75, 3.05) is 0 Å². The Morgan fingerprint density at radius 1 is 1.29 bits per heavy atom. The van der Waals surface area contributed by atoms with E-state index in [0.29, 0.717) is 0 Å². The first-order chi connectivity index (χ1) is 3.50. The fourth-order valence-corrected chi connectivity index (χ4v) is 0.167. The van der Waals surface area contributed by atoms with Gasteiger partial charge in [-0.25, -0.2) is 0 Å². The van der Waals surface area contributed by atoms with Crippen LogP contribution in [-0.2, 0) is 15.1 Å². The van der Waals surface area contributed by atoms with E-state index in [1.54, 1.807) is 12.4 Å². The number of halogens is 1. The average molecular weight is 168 g/mol. The zero-order valence-electron chi connectivity index (χ0n) is 3.23. The van der Waals surface area contributed by atoms with Gasteiger partial charge in [-0.3, -0.25) is 0 Å². The number of aromatic nitrogens is 3. The Hall–Kier alpha value is -0.0505. The van der Waals surface area contributed by atoms with Gasteiger partial charge in [0, 0.05) is 0 Å². The van der Waals surface area contributed by atoms with Crippen molar-refractivity contribution in [1.29, 1.82) is 0 Å². The molecule has 3 nitrogen and oxygen atoms in total. The quantitative estimate of drug-likeness (QED) is 0.573. The van der Waals surface area contributed by atoms with E-state index in [2.05, 4.69) is 40.6 Å². The van der Waals surface area contributed by atoms with Crippen LogP contribution in [0.15, 0.2) is 12.4 Å². The molecule has 0 saturated heterocycles. The molecule has 0 bridgehead atoms. The molecule has 1 N–H and O–H groups in total. The van der Waals surface area contributed by atoms with Crippen LogP contribution in [0.4, 0.5) is 0 Å². The topological polar surface area (TPSA) is 41.6 Å². The summed E-state index contributed by atoms with van der Waals surface area (Å²) < 4.78 is 0. The molecule has 0 atom stereocenters. The molecule has 0 radical (unpaired) electrons. The maximum Gasteiger partial charge on any atom is 0.0690 e. The Morgan fingerprint density at radius 2 is 1.71 bits per heavy atom. The predicted molar refractivity (Wildman–Crippen MR) is 22.2 cm³/mol. The van der Waals surface area contributed by atoms with Gasteiger partial charge in [0.05, 0.1) is 12.4 Å². The van der Waals surface area contributed by atoms with Gasteiger partial charge in [0.15, 0.2) is 0 Å². The first-order valence-electron chi connectivity index (χ1n) is 1.41. The molecule has 0 aliphatic heterocycles. The normalized spacial score (nSPS) is 6.71. The molecule has 44 valence electrons. The van der Waals surface area contributed by atoms with Crippen molar-refractivity contribution in [2.45, 2.75) is 0 Å². The summed E-state index contributed by atoms with van der Waals surface area (Å²) in [7, 11) is 4.20. The molecular formula is C2H3ClCuN3. The van der Waals surface area contributed by atoms with Crippen LogP contribution in [0.2, 0.25) is 0 Å². The summed E-state index contributed by atoms with van der Waals surface area (Å²) in [6.45, 7) is 0. The van der Waals surface area contributed by atoms with E-state index in [-0.39, 0.29) is 0 Å². The van der Waals surface area contributed by atoms with E-state index in [4.69, 9.17) is 0 Å². The molecule has 0 aromatic carbocycles.